The standard InChI is InChI=1S/C12H14FN3OS/c13-3-4-17-9-6-16(7-9)12-15-10-2-1-8(14)5-11(10)18-12/h1-2,5,9H,3-4,6-7,14H2. The first-order chi connectivity index (χ1) is 8.76. The van der Waals surface area contributed by atoms with Crippen molar-refractivity contribution >= 4 is 32.4 Å². The Bertz CT molecular complexity index is 553. The van der Waals surface area contributed by atoms with E-state index in [4.69, 9.17) is 10.5 Å². The lowest BCUT2D eigenvalue weighted by atomic mass is 10.2. The third kappa shape index (κ3) is 2.13. The first-order valence-electron chi connectivity index (χ1n) is 5.85. The van der Waals surface area contributed by atoms with Gasteiger partial charge in [0.2, 0.25) is 0 Å². The Hall–Kier alpha value is -1.40. The molecule has 1 saturated heterocycles. The van der Waals surface area contributed by atoms with Crippen molar-refractivity contribution in [1.29, 1.82) is 0 Å². The smallest absolute Gasteiger partial charge is 0.186 e. The number of hydrogen-bond donors (Lipinski definition) is 1. The highest BCUT2D eigenvalue weighted by Crippen LogP contribution is 2.32. The Morgan fingerprint density at radius 3 is 3.11 bits per heavy atom. The van der Waals surface area contributed by atoms with E-state index < -0.39 is 6.67 Å². The summed E-state index contributed by atoms with van der Waals surface area (Å²) in [5.74, 6) is 0. The molecule has 0 atom stereocenters. The summed E-state index contributed by atoms with van der Waals surface area (Å²) in [6.07, 6.45) is 0.137. The molecule has 1 aromatic carbocycles. The second-order valence-corrected chi connectivity index (χ2v) is 5.32. The van der Waals surface area contributed by atoms with Gasteiger partial charge in [-0.15, -0.1) is 0 Å². The number of nitrogens with zero attached hydrogens (tertiary/aromatic N) is 2. The largest absolute Gasteiger partial charge is 0.399 e. The van der Waals surface area contributed by atoms with Crippen molar-refractivity contribution in [2.45, 2.75) is 6.10 Å². The Morgan fingerprint density at radius 2 is 2.33 bits per heavy atom. The van der Waals surface area contributed by atoms with Crippen LogP contribution in [0.2, 0.25) is 0 Å². The van der Waals surface area contributed by atoms with Crippen molar-refractivity contribution in [1.82, 2.24) is 4.98 Å². The normalized spacial score (nSPS) is 16.2. The number of aromatic nitrogens is 1. The summed E-state index contributed by atoms with van der Waals surface area (Å²) >= 11 is 1.63. The molecule has 1 aliphatic heterocycles. The van der Waals surface area contributed by atoms with E-state index in [2.05, 4.69) is 9.88 Å². The predicted molar refractivity (Wildman–Crippen MR) is 72.0 cm³/mol. The molecule has 6 heteroatoms. The molecule has 2 aromatic rings. The van der Waals surface area contributed by atoms with Crippen molar-refractivity contribution in [3.8, 4) is 0 Å². The molecule has 4 nitrogen and oxygen atoms in total. The fourth-order valence-electron chi connectivity index (χ4n) is 1.98. The van der Waals surface area contributed by atoms with Crippen LogP contribution in [0.4, 0.5) is 15.2 Å². The van der Waals surface area contributed by atoms with E-state index in [1.807, 2.05) is 18.2 Å². The average Bonchev–Trinajstić information content (AvgIpc) is 2.69. The fraction of sp³-hybridized carbons (Fsp3) is 0.417. The summed E-state index contributed by atoms with van der Waals surface area (Å²) in [6.45, 7) is 1.34. The monoisotopic (exact) mass is 267 g/mol. The quantitative estimate of drug-likeness (QED) is 0.861. The van der Waals surface area contributed by atoms with E-state index in [0.717, 1.165) is 34.1 Å². The molecule has 3 rings (SSSR count). The second-order valence-electron chi connectivity index (χ2n) is 4.31. The van der Waals surface area contributed by atoms with Crippen LogP contribution in [0.25, 0.3) is 10.2 Å². The van der Waals surface area contributed by atoms with Gasteiger partial charge in [0, 0.05) is 18.8 Å². The number of halogens is 1. The van der Waals surface area contributed by atoms with Gasteiger partial charge in [0.1, 0.15) is 6.67 Å². The number of rotatable bonds is 4. The minimum Gasteiger partial charge on any atom is -0.399 e. The summed E-state index contributed by atoms with van der Waals surface area (Å²) < 4.78 is 18.4. The first kappa shape index (κ1) is 11.7. The molecule has 0 unspecified atom stereocenters. The highest BCUT2D eigenvalue weighted by atomic mass is 32.1. The number of benzene rings is 1. The number of fused-ring (bicyclic) bond motifs is 1. The maximum Gasteiger partial charge on any atom is 0.186 e. The van der Waals surface area contributed by atoms with E-state index >= 15 is 0 Å². The Labute approximate surface area is 108 Å². The highest BCUT2D eigenvalue weighted by Gasteiger charge is 2.29. The van der Waals surface area contributed by atoms with Crippen molar-refractivity contribution in [3.63, 3.8) is 0 Å². The zero-order valence-corrected chi connectivity index (χ0v) is 10.6. The number of nitrogen functional groups attached to an aromatic ring is 1. The average molecular weight is 267 g/mol. The van der Waals surface area contributed by atoms with Crippen molar-refractivity contribution in [2.24, 2.45) is 0 Å². The van der Waals surface area contributed by atoms with Crippen molar-refractivity contribution in [3.05, 3.63) is 18.2 Å². The Balaban J connectivity index is 1.69. The van der Waals surface area contributed by atoms with Crippen LogP contribution in [-0.2, 0) is 4.74 Å². The van der Waals surface area contributed by atoms with Gasteiger partial charge < -0.3 is 15.4 Å². The summed E-state index contributed by atoms with van der Waals surface area (Å²) in [6, 6.07) is 5.73. The maximum absolute atomic E-state index is 12.0. The lowest BCUT2D eigenvalue weighted by molar-refractivity contribution is 0.0268. The van der Waals surface area contributed by atoms with Gasteiger partial charge in [-0.25, -0.2) is 9.37 Å². The predicted octanol–water partition coefficient (Wildman–Crippen LogP) is 2.05. The van der Waals surface area contributed by atoms with E-state index in [0.29, 0.717) is 0 Å². The maximum atomic E-state index is 12.0. The van der Waals surface area contributed by atoms with Gasteiger partial charge in [0.25, 0.3) is 0 Å². The molecule has 96 valence electrons. The Kier molecular flexibility index (Phi) is 3.05. The summed E-state index contributed by atoms with van der Waals surface area (Å²) in [5.41, 5.74) is 7.47. The molecule has 1 fully saturated rings. The van der Waals surface area contributed by atoms with Gasteiger partial charge in [-0.3, -0.25) is 0 Å². The van der Waals surface area contributed by atoms with Crippen LogP contribution in [0.5, 0.6) is 0 Å². The van der Waals surface area contributed by atoms with Crippen LogP contribution >= 0.6 is 11.3 Å². The number of ether oxygens (including phenoxy) is 1. The van der Waals surface area contributed by atoms with Gasteiger partial charge in [0.05, 0.1) is 22.9 Å². The number of hydrogen-bond acceptors (Lipinski definition) is 5. The van der Waals surface area contributed by atoms with Gasteiger partial charge in [0.15, 0.2) is 5.13 Å². The number of alkyl halides is 1. The summed E-state index contributed by atoms with van der Waals surface area (Å²) in [5, 5.41) is 0.982. The molecule has 0 radical (unpaired) electrons. The zero-order valence-electron chi connectivity index (χ0n) is 9.80. The molecule has 2 N–H and O–H groups in total. The van der Waals surface area contributed by atoms with Crippen LogP contribution in [0.3, 0.4) is 0 Å². The lowest BCUT2D eigenvalue weighted by Gasteiger charge is -2.38. The van der Waals surface area contributed by atoms with Crippen LogP contribution < -0.4 is 10.6 Å². The minimum atomic E-state index is -0.420. The van der Waals surface area contributed by atoms with Crippen LogP contribution in [-0.4, -0.2) is 37.5 Å². The van der Waals surface area contributed by atoms with Crippen LogP contribution in [0, 0.1) is 0 Å². The molecule has 0 aliphatic carbocycles. The van der Waals surface area contributed by atoms with Crippen LogP contribution in [0.15, 0.2) is 18.2 Å². The zero-order chi connectivity index (χ0) is 12.5. The van der Waals surface area contributed by atoms with E-state index in [1.54, 1.807) is 11.3 Å². The van der Waals surface area contributed by atoms with Crippen LogP contribution in [0.1, 0.15) is 0 Å². The van der Waals surface area contributed by atoms with E-state index in [1.165, 1.54) is 0 Å². The summed E-state index contributed by atoms with van der Waals surface area (Å²) in [4.78, 5) is 6.69. The second kappa shape index (κ2) is 4.70. The van der Waals surface area contributed by atoms with E-state index in [-0.39, 0.29) is 12.7 Å². The van der Waals surface area contributed by atoms with Gasteiger partial charge >= 0.3 is 0 Å². The first-order valence-corrected chi connectivity index (χ1v) is 6.66. The minimum absolute atomic E-state index is 0.137. The lowest BCUT2D eigenvalue weighted by Crippen LogP contribution is -2.52. The number of thiazole rings is 1. The molecule has 2 heterocycles. The molecule has 1 aliphatic rings. The number of nitrogens with two attached hydrogens (primary N) is 1. The molecular weight excluding hydrogens is 253 g/mol. The van der Waals surface area contributed by atoms with Gasteiger partial charge in [-0.1, -0.05) is 11.3 Å². The fourth-order valence-corrected chi connectivity index (χ4v) is 3.01. The van der Waals surface area contributed by atoms with Crippen molar-refractivity contribution < 1.29 is 9.13 Å². The van der Waals surface area contributed by atoms with Gasteiger partial charge in [-0.05, 0) is 18.2 Å². The van der Waals surface area contributed by atoms with Gasteiger partial charge in [-0.2, -0.15) is 0 Å². The SMILES string of the molecule is Nc1ccc2nc(N3CC(OCCF)C3)sc2c1. The molecule has 0 amide bonds. The summed E-state index contributed by atoms with van der Waals surface area (Å²) in [7, 11) is 0. The molecule has 18 heavy (non-hydrogen) atoms. The third-order valence-corrected chi connectivity index (χ3v) is 4.03. The topological polar surface area (TPSA) is 51.4 Å². The van der Waals surface area contributed by atoms with Crippen molar-refractivity contribution in [2.75, 3.05) is 37.0 Å². The molecular formula is C12H14FN3OS. The molecule has 0 spiro atoms. The molecule has 1 aromatic heterocycles. The third-order valence-electron chi connectivity index (χ3n) is 2.95. The molecule has 0 saturated carbocycles. The van der Waals surface area contributed by atoms with E-state index in [9.17, 15) is 4.39 Å². The Morgan fingerprint density at radius 1 is 1.50 bits per heavy atom. The highest BCUT2D eigenvalue weighted by molar-refractivity contribution is 7.22. The molecule has 0 bridgehead atoms. The number of anilines is 2.